The highest BCUT2D eigenvalue weighted by Crippen LogP contribution is 2.33. The second kappa shape index (κ2) is 40.9. The van der Waals surface area contributed by atoms with E-state index in [-0.39, 0.29) is 98.7 Å². The van der Waals surface area contributed by atoms with Gasteiger partial charge in [0.05, 0.1) is 59.2 Å². The van der Waals surface area contributed by atoms with Gasteiger partial charge in [0.2, 0.25) is 5.84 Å². The Labute approximate surface area is 535 Å². The van der Waals surface area contributed by atoms with Gasteiger partial charge in [-0.25, -0.2) is 4.79 Å². The van der Waals surface area contributed by atoms with Crippen molar-refractivity contribution in [2.75, 3.05) is 25.0 Å². The molecular weight excluding hydrogens is 1360 g/mol. The molecule has 5 aromatic rings. The number of Topliss-reactive ketones (excluding diaryl/α,β-unsaturated/α-hetero) is 4. The Morgan fingerprint density at radius 3 is 1.08 bits per heavy atom. The summed E-state index contributed by atoms with van der Waals surface area (Å²) in [5.74, 6) is -0.784. The molecular formula is C59H66BrClF15N7O8Si. The molecule has 15 nitrogen and oxygen atoms in total. The summed E-state index contributed by atoms with van der Waals surface area (Å²) < 4.78 is 190. The van der Waals surface area contributed by atoms with Gasteiger partial charge in [-0.2, -0.15) is 70.6 Å². The predicted octanol–water partition coefficient (Wildman–Crippen LogP) is 16.0. The average molecular weight is 1430 g/mol. The molecule has 0 unspecified atom stereocenters. The molecule has 0 bridgehead atoms. The Morgan fingerprint density at radius 2 is 0.837 bits per heavy atom. The van der Waals surface area contributed by atoms with Crippen LogP contribution in [0.3, 0.4) is 0 Å². The van der Waals surface area contributed by atoms with E-state index in [0.29, 0.717) is 11.1 Å². The number of azide groups is 1. The molecule has 33 heteroatoms. The highest BCUT2D eigenvalue weighted by molar-refractivity contribution is 9.09. The van der Waals surface area contributed by atoms with Crippen LogP contribution in [0.2, 0.25) is 19.6 Å². The zero-order valence-electron chi connectivity index (χ0n) is 49.1. The van der Waals surface area contributed by atoms with Crippen LogP contribution >= 0.6 is 28.3 Å². The summed E-state index contributed by atoms with van der Waals surface area (Å²) in [5, 5.41) is 13.9. The standard InChI is InChI=1S/C15H18F3NO3.C10H8BrF3O.C10H8F3N3O.C10H10F3NO.C9H7F3O2.C4H10N2Si.CH4.ClH/c1-14(2,3)22-13(21)19-9-12(20)8-10-5-4-6-11(7-10)15(16,17)18;11-6-9(15)5-7-2-1-3-8(4-7)10(12,13)14;11-10(12,13)8-3-1-2-7(4-8)5-9(17)6-15-16-14;11-10(12,13)8-3-1-2-7(4-8)5-9(15)6-14;10-9(11,12)7-3-1-2-6(4-7)5-8(13)14;1-7(2,3)4-6-5;;/h4-7H,8-9H2,1-3H3,(H,19,21);1-4H,5-6H2;1-4H,5-6H2;1-4H,5-6,14H2;1-4H,5H2,(H,13,14);4H,1-3H3;1H4;1H. The number of ketones is 4. The number of hydrogen-bond donors (Lipinski definition) is 3. The highest BCUT2D eigenvalue weighted by Gasteiger charge is 2.34. The molecule has 0 fully saturated rings. The van der Waals surface area contributed by atoms with Crippen LogP contribution in [0, 0.1) is 0 Å². The van der Waals surface area contributed by atoms with Crippen molar-refractivity contribution in [1.82, 2.24) is 5.32 Å². The van der Waals surface area contributed by atoms with Crippen molar-refractivity contribution < 1.29 is 109 Å². The molecule has 4 N–H and O–H groups in total. The fraction of sp³-hybridized carbons (Fsp3) is 0.373. The van der Waals surface area contributed by atoms with Gasteiger partial charge in [0, 0.05) is 30.6 Å². The first kappa shape index (κ1) is 88.3. The van der Waals surface area contributed by atoms with Crippen LogP contribution in [0.1, 0.15) is 83.8 Å². The molecule has 0 atom stereocenters. The molecule has 92 heavy (non-hydrogen) atoms. The molecule has 0 heterocycles. The number of carbonyl (C=O) groups excluding carboxylic acids is 5. The molecule has 0 saturated carbocycles. The number of carbonyl (C=O) groups is 6. The molecule has 5 rings (SSSR count). The van der Waals surface area contributed by atoms with E-state index in [4.69, 9.17) is 26.6 Å². The van der Waals surface area contributed by atoms with E-state index in [1.54, 1.807) is 26.6 Å². The van der Waals surface area contributed by atoms with Crippen LogP contribution < -0.4 is 11.1 Å². The summed E-state index contributed by atoms with van der Waals surface area (Å²) >= 11 is 2.96. The number of nitrogens with one attached hydrogen (secondary N) is 1. The van der Waals surface area contributed by atoms with Crippen molar-refractivity contribution >= 4 is 77.4 Å². The van der Waals surface area contributed by atoms with Crippen LogP contribution in [-0.2, 0) is 91.7 Å². The number of aliphatic carboxylic acids is 1. The molecule has 0 spiro atoms. The van der Waals surface area contributed by atoms with Gasteiger partial charge in [-0.1, -0.05) is 139 Å². The Hall–Kier alpha value is -7.89. The van der Waals surface area contributed by atoms with Gasteiger partial charge < -0.3 is 26.4 Å². The Balaban J connectivity index is -0.00000105. The topological polar surface area (TPSA) is 255 Å². The van der Waals surface area contributed by atoms with Crippen molar-refractivity contribution in [1.29, 1.82) is 0 Å². The third kappa shape index (κ3) is 41.5. The Kier molecular flexibility index (Phi) is 39.2. The van der Waals surface area contributed by atoms with Gasteiger partial charge in [-0.15, -0.1) is 12.4 Å². The number of hydrogen-bond acceptors (Lipinski definition) is 9. The summed E-state index contributed by atoms with van der Waals surface area (Å²) in [5.41, 5.74) is 17.8. The number of carboxylic acids is 1. The van der Waals surface area contributed by atoms with Gasteiger partial charge >= 0.3 is 42.9 Å². The van der Waals surface area contributed by atoms with Crippen molar-refractivity contribution in [3.05, 3.63) is 193 Å². The third-order valence-corrected chi connectivity index (χ3v) is 11.7. The highest BCUT2D eigenvalue weighted by atomic mass is 79.9. The monoisotopic (exact) mass is 1430 g/mol. The van der Waals surface area contributed by atoms with Gasteiger partial charge in [-0.3, -0.25) is 24.0 Å². The fourth-order valence-corrected chi connectivity index (χ4v) is 6.92. The van der Waals surface area contributed by atoms with Crippen LogP contribution in [0.5, 0.6) is 0 Å². The van der Waals surface area contributed by atoms with E-state index in [2.05, 4.69) is 55.7 Å². The van der Waals surface area contributed by atoms with E-state index >= 15 is 0 Å². The van der Waals surface area contributed by atoms with Gasteiger partial charge in [-0.05, 0) is 84.5 Å². The fourth-order valence-electron chi connectivity index (χ4n) is 6.38. The Morgan fingerprint density at radius 1 is 0.543 bits per heavy atom. The van der Waals surface area contributed by atoms with Crippen LogP contribution in [0.25, 0.3) is 16.0 Å². The van der Waals surface area contributed by atoms with Crippen LogP contribution in [0.15, 0.2) is 126 Å². The maximum atomic E-state index is 12.6. The zero-order chi connectivity index (χ0) is 69.5. The second-order valence-electron chi connectivity index (χ2n) is 20.6. The van der Waals surface area contributed by atoms with E-state index in [0.717, 1.165) is 60.7 Å². The third-order valence-electron chi connectivity index (χ3n) is 10.2. The first-order valence-electron chi connectivity index (χ1n) is 25.7. The number of rotatable bonds is 17. The molecule has 0 saturated heterocycles. The quantitative estimate of drug-likeness (QED) is 0.0152. The minimum absolute atomic E-state index is 0. The number of benzene rings is 5. The van der Waals surface area contributed by atoms with E-state index in [1.165, 1.54) is 60.7 Å². The van der Waals surface area contributed by atoms with Crippen LogP contribution in [-0.4, -0.2) is 89.6 Å². The van der Waals surface area contributed by atoms with Gasteiger partial charge in [0.15, 0.2) is 19.6 Å². The van der Waals surface area contributed by atoms with E-state index in [1.807, 2.05) is 0 Å². The maximum absolute atomic E-state index is 12.6. The first-order chi connectivity index (χ1) is 41.2. The minimum Gasteiger partial charge on any atom is -0.481 e. The molecule has 508 valence electrons. The van der Waals surface area contributed by atoms with Crippen LogP contribution in [0.4, 0.5) is 70.7 Å². The number of alkyl halides is 16. The molecule has 0 aliphatic rings. The Bertz CT molecular complexity index is 3200. The van der Waals surface area contributed by atoms with E-state index < -0.39 is 102 Å². The van der Waals surface area contributed by atoms with Gasteiger partial charge in [0.1, 0.15) is 17.2 Å². The lowest BCUT2D eigenvalue weighted by atomic mass is 10.1. The number of amides is 1. The van der Waals surface area contributed by atoms with Gasteiger partial charge in [0.25, 0.3) is 0 Å². The molecule has 0 aliphatic heterocycles. The predicted molar refractivity (Wildman–Crippen MR) is 322 cm³/mol. The number of nitrogens with zero attached hydrogens (tertiary/aromatic N) is 5. The molecule has 0 aromatic heterocycles. The lowest BCUT2D eigenvalue weighted by Crippen LogP contribution is -2.35. The molecule has 1 amide bonds. The van der Waals surface area contributed by atoms with E-state index in [9.17, 15) is 94.6 Å². The summed E-state index contributed by atoms with van der Waals surface area (Å²) in [6.45, 7) is 10.5. The lowest BCUT2D eigenvalue weighted by Gasteiger charge is -2.19. The van der Waals surface area contributed by atoms with Crippen molar-refractivity contribution in [3.63, 3.8) is 0 Å². The number of halogens is 17. The zero-order valence-corrected chi connectivity index (χ0v) is 52.5. The second-order valence-corrected chi connectivity index (χ2v) is 26.2. The van der Waals surface area contributed by atoms with Crippen molar-refractivity contribution in [2.24, 2.45) is 10.8 Å². The summed E-state index contributed by atoms with van der Waals surface area (Å²) in [7, 11) is -1.20. The number of ether oxygens (including phenoxy) is 1. The minimum atomic E-state index is -4.45. The largest absolute Gasteiger partial charge is 0.481 e. The lowest BCUT2D eigenvalue weighted by molar-refractivity contribution is -0.138. The van der Waals surface area contributed by atoms with Crippen molar-refractivity contribution in [2.45, 2.75) is 116 Å². The number of alkyl carbamates (subject to hydrolysis) is 1. The average Bonchev–Trinajstić information content (AvgIpc) is 0.940. The first-order valence-corrected chi connectivity index (χ1v) is 30.4. The number of nitrogens with two attached hydrogens (primary N) is 1. The summed E-state index contributed by atoms with van der Waals surface area (Å²) in [6, 6.07) is 22.8. The molecule has 5 aromatic carbocycles. The maximum Gasteiger partial charge on any atom is 0.416 e. The summed E-state index contributed by atoms with van der Waals surface area (Å²) in [6.07, 6.45) is -23.6. The molecule has 0 radical (unpaired) electrons. The number of carboxylic acid groups (broad SMARTS) is 1. The van der Waals surface area contributed by atoms with Crippen molar-refractivity contribution in [3.8, 4) is 0 Å². The normalized spacial score (nSPS) is 11.1. The smallest absolute Gasteiger partial charge is 0.416 e. The SMILES string of the molecule is C.CC(C)(C)OC(=O)NCC(=O)Cc1cccc(C(F)(F)F)c1.C[Si](C)(C)C=[N+]=[N-].Cl.NCC(=O)Cc1cccc(C(F)(F)F)c1.O=C(CBr)Cc1cccc(C(F)(F)F)c1.O=C(O)Cc1cccc(C(F)(F)F)c1.[N-]=[N+]=NCC(=O)Cc1cccc(C(F)(F)F)c1. The summed E-state index contributed by atoms with van der Waals surface area (Å²) in [4.78, 5) is 71.8. The molecule has 0 aliphatic carbocycles.